The second kappa shape index (κ2) is 9.56. The molecule has 0 bridgehead atoms. The van der Waals surface area contributed by atoms with Gasteiger partial charge in [-0.3, -0.25) is 14.8 Å². The Labute approximate surface area is 186 Å². The topological polar surface area (TPSA) is 70.5 Å². The van der Waals surface area contributed by atoms with E-state index < -0.39 is 6.29 Å². The van der Waals surface area contributed by atoms with Gasteiger partial charge in [0.25, 0.3) is 0 Å². The SMILES string of the molecule is CC(C)OC(=O)Cc1ccc(-c2cncc(-c3ccnc(C4OCCO4)c3)c2)c(Cl)c1. The predicted molar refractivity (Wildman–Crippen MR) is 117 cm³/mol. The lowest BCUT2D eigenvalue weighted by molar-refractivity contribution is -0.146. The molecular formula is C24H23ClN2O4. The fraction of sp³-hybridized carbons (Fsp3) is 0.292. The Morgan fingerprint density at radius 1 is 1.10 bits per heavy atom. The number of pyridine rings is 2. The van der Waals surface area contributed by atoms with E-state index in [1.165, 1.54) is 0 Å². The molecular weight excluding hydrogens is 416 g/mol. The number of halogens is 1. The molecule has 1 aromatic carbocycles. The molecule has 1 saturated heterocycles. The van der Waals surface area contributed by atoms with E-state index in [9.17, 15) is 4.79 Å². The molecule has 2 aromatic heterocycles. The third-order valence-corrected chi connectivity index (χ3v) is 5.09. The van der Waals surface area contributed by atoms with E-state index in [2.05, 4.69) is 9.97 Å². The van der Waals surface area contributed by atoms with Crippen LogP contribution in [0.3, 0.4) is 0 Å². The largest absolute Gasteiger partial charge is 0.463 e. The Bertz CT molecular complexity index is 1080. The summed E-state index contributed by atoms with van der Waals surface area (Å²) >= 11 is 6.54. The van der Waals surface area contributed by atoms with Gasteiger partial charge in [-0.2, -0.15) is 0 Å². The second-order valence-corrected chi connectivity index (χ2v) is 7.94. The third kappa shape index (κ3) is 5.28. The van der Waals surface area contributed by atoms with Crippen LogP contribution in [0, 0.1) is 0 Å². The molecule has 4 rings (SSSR count). The number of esters is 1. The molecule has 0 N–H and O–H groups in total. The molecule has 1 fully saturated rings. The lowest BCUT2D eigenvalue weighted by Gasteiger charge is -2.12. The van der Waals surface area contributed by atoms with E-state index in [0.29, 0.717) is 18.2 Å². The van der Waals surface area contributed by atoms with Crippen molar-refractivity contribution in [2.45, 2.75) is 32.7 Å². The van der Waals surface area contributed by atoms with Crippen LogP contribution in [0.25, 0.3) is 22.3 Å². The summed E-state index contributed by atoms with van der Waals surface area (Å²) in [5.74, 6) is -0.272. The first-order valence-corrected chi connectivity index (χ1v) is 10.5. The van der Waals surface area contributed by atoms with E-state index >= 15 is 0 Å². The van der Waals surface area contributed by atoms with Gasteiger partial charge < -0.3 is 14.2 Å². The van der Waals surface area contributed by atoms with Crippen molar-refractivity contribution in [3.05, 3.63) is 71.3 Å². The van der Waals surface area contributed by atoms with Crippen molar-refractivity contribution in [1.29, 1.82) is 0 Å². The van der Waals surface area contributed by atoms with E-state index in [1.54, 1.807) is 24.7 Å². The number of carbonyl (C=O) groups excluding carboxylic acids is 1. The predicted octanol–water partition coefficient (Wildman–Crippen LogP) is 5.00. The van der Waals surface area contributed by atoms with E-state index in [1.807, 2.05) is 44.2 Å². The van der Waals surface area contributed by atoms with Crippen molar-refractivity contribution in [3.8, 4) is 22.3 Å². The zero-order valence-corrected chi connectivity index (χ0v) is 18.1. The van der Waals surface area contributed by atoms with Gasteiger partial charge in [-0.25, -0.2) is 0 Å². The maximum Gasteiger partial charge on any atom is 0.310 e. The highest BCUT2D eigenvalue weighted by molar-refractivity contribution is 6.33. The van der Waals surface area contributed by atoms with Crippen LogP contribution in [0.1, 0.15) is 31.4 Å². The van der Waals surface area contributed by atoms with E-state index in [0.717, 1.165) is 33.5 Å². The van der Waals surface area contributed by atoms with Crippen LogP contribution in [0.15, 0.2) is 55.0 Å². The smallest absolute Gasteiger partial charge is 0.310 e. The molecule has 6 nitrogen and oxygen atoms in total. The molecule has 0 saturated carbocycles. The van der Waals surface area contributed by atoms with Crippen molar-refractivity contribution in [1.82, 2.24) is 9.97 Å². The monoisotopic (exact) mass is 438 g/mol. The van der Waals surface area contributed by atoms with Crippen molar-refractivity contribution >= 4 is 17.6 Å². The molecule has 160 valence electrons. The zero-order valence-electron chi connectivity index (χ0n) is 17.4. The Balaban J connectivity index is 1.57. The van der Waals surface area contributed by atoms with E-state index in [-0.39, 0.29) is 18.5 Å². The minimum atomic E-state index is -0.430. The second-order valence-electron chi connectivity index (χ2n) is 7.53. The molecule has 3 aromatic rings. The van der Waals surface area contributed by atoms with Crippen LogP contribution in [0.2, 0.25) is 5.02 Å². The number of carbonyl (C=O) groups is 1. The number of hydrogen-bond acceptors (Lipinski definition) is 6. The molecule has 0 atom stereocenters. The van der Waals surface area contributed by atoms with Crippen molar-refractivity contribution in [2.75, 3.05) is 13.2 Å². The van der Waals surface area contributed by atoms with Crippen LogP contribution in [0.4, 0.5) is 0 Å². The van der Waals surface area contributed by atoms with Crippen LogP contribution in [-0.4, -0.2) is 35.3 Å². The molecule has 1 aliphatic rings. The van der Waals surface area contributed by atoms with Gasteiger partial charge in [-0.15, -0.1) is 0 Å². The number of benzene rings is 1. The average molecular weight is 439 g/mol. The third-order valence-electron chi connectivity index (χ3n) is 4.78. The summed E-state index contributed by atoms with van der Waals surface area (Å²) in [6, 6.07) is 11.5. The van der Waals surface area contributed by atoms with Crippen molar-refractivity contribution in [3.63, 3.8) is 0 Å². The van der Waals surface area contributed by atoms with Gasteiger partial charge in [0.1, 0.15) is 0 Å². The molecule has 31 heavy (non-hydrogen) atoms. The molecule has 0 aliphatic carbocycles. The van der Waals surface area contributed by atoms with E-state index in [4.69, 9.17) is 25.8 Å². The highest BCUT2D eigenvalue weighted by Gasteiger charge is 2.20. The summed E-state index contributed by atoms with van der Waals surface area (Å²) in [6.07, 6.45) is 4.91. The van der Waals surface area contributed by atoms with Gasteiger partial charge in [-0.05, 0) is 49.2 Å². The van der Waals surface area contributed by atoms with Gasteiger partial charge in [-0.1, -0.05) is 23.7 Å². The maximum absolute atomic E-state index is 11.9. The molecule has 7 heteroatoms. The maximum atomic E-state index is 11.9. The van der Waals surface area contributed by atoms with Gasteiger partial charge in [0.05, 0.1) is 31.4 Å². The first-order chi connectivity index (χ1) is 15.0. The summed E-state index contributed by atoms with van der Waals surface area (Å²) in [6.45, 7) is 4.79. The summed E-state index contributed by atoms with van der Waals surface area (Å²) in [4.78, 5) is 20.7. The fourth-order valence-corrected chi connectivity index (χ4v) is 3.72. The number of nitrogens with zero attached hydrogens (tertiary/aromatic N) is 2. The van der Waals surface area contributed by atoms with Crippen LogP contribution in [0.5, 0.6) is 0 Å². The lowest BCUT2D eigenvalue weighted by atomic mass is 10.0. The van der Waals surface area contributed by atoms with Gasteiger partial charge in [0.15, 0.2) is 0 Å². The summed E-state index contributed by atoms with van der Waals surface area (Å²) in [5, 5.41) is 0.553. The van der Waals surface area contributed by atoms with Gasteiger partial charge in [0.2, 0.25) is 6.29 Å². The number of rotatable bonds is 6. The molecule has 0 spiro atoms. The first kappa shape index (κ1) is 21.4. The number of aromatic nitrogens is 2. The van der Waals surface area contributed by atoms with Crippen molar-refractivity contribution < 1.29 is 19.0 Å². The standard InChI is InChI=1S/C24H23ClN2O4/c1-15(2)31-23(28)10-16-3-4-20(21(25)9-16)19-11-18(13-26-14-19)17-5-6-27-22(12-17)24-29-7-8-30-24/h3-6,9,11-15,24H,7-8,10H2,1-2H3. The summed E-state index contributed by atoms with van der Waals surface area (Å²) in [7, 11) is 0. The number of ether oxygens (including phenoxy) is 3. The quantitative estimate of drug-likeness (QED) is 0.504. The summed E-state index contributed by atoms with van der Waals surface area (Å²) < 4.78 is 16.3. The highest BCUT2D eigenvalue weighted by atomic mass is 35.5. The molecule has 3 heterocycles. The minimum Gasteiger partial charge on any atom is -0.463 e. The van der Waals surface area contributed by atoms with Crippen LogP contribution < -0.4 is 0 Å². The fourth-order valence-electron chi connectivity index (χ4n) is 3.40. The van der Waals surface area contributed by atoms with Crippen molar-refractivity contribution in [2.24, 2.45) is 0 Å². The molecule has 0 amide bonds. The minimum absolute atomic E-state index is 0.142. The Morgan fingerprint density at radius 2 is 1.87 bits per heavy atom. The van der Waals surface area contributed by atoms with Crippen LogP contribution >= 0.6 is 11.6 Å². The summed E-state index contributed by atoms with van der Waals surface area (Å²) in [5.41, 5.74) is 5.15. The Hall–Kier alpha value is -2.80. The molecule has 0 radical (unpaired) electrons. The molecule has 1 aliphatic heterocycles. The lowest BCUT2D eigenvalue weighted by Crippen LogP contribution is -2.13. The average Bonchev–Trinajstić information content (AvgIpc) is 3.28. The van der Waals surface area contributed by atoms with Gasteiger partial charge in [0, 0.05) is 40.3 Å². The van der Waals surface area contributed by atoms with Gasteiger partial charge >= 0.3 is 5.97 Å². The highest BCUT2D eigenvalue weighted by Crippen LogP contribution is 2.32. The Kier molecular flexibility index (Phi) is 6.61. The normalized spacial score (nSPS) is 14.2. The van der Waals surface area contributed by atoms with Crippen LogP contribution in [-0.2, 0) is 25.4 Å². The Morgan fingerprint density at radius 3 is 2.61 bits per heavy atom. The number of hydrogen-bond donors (Lipinski definition) is 0. The first-order valence-electron chi connectivity index (χ1n) is 10.1. The molecule has 0 unspecified atom stereocenters. The zero-order chi connectivity index (χ0) is 21.8.